The van der Waals surface area contributed by atoms with Crippen molar-refractivity contribution >= 4 is 102 Å². The Labute approximate surface area is 222 Å². The minimum absolute atomic E-state index is 0.0545. The first-order valence-corrected chi connectivity index (χ1v) is 12.1. The van der Waals surface area contributed by atoms with E-state index < -0.39 is 34.9 Å². The van der Waals surface area contributed by atoms with Gasteiger partial charge in [-0.15, -0.1) is 0 Å². The van der Waals surface area contributed by atoms with Crippen molar-refractivity contribution in [3.63, 3.8) is 0 Å². The molecule has 6 nitrogen and oxygen atoms in total. The van der Waals surface area contributed by atoms with Gasteiger partial charge in [0.05, 0.1) is 42.0 Å². The molecule has 0 unspecified atom stereocenters. The normalized spacial score (nSPS) is 10.6. The van der Waals surface area contributed by atoms with Gasteiger partial charge < -0.3 is 11.5 Å². The molecule has 178 valence electrons. The lowest BCUT2D eigenvalue weighted by atomic mass is 10.2. The third-order valence-corrected chi connectivity index (χ3v) is 6.96. The summed E-state index contributed by atoms with van der Waals surface area (Å²) in [5, 5.41) is 0. The van der Waals surface area contributed by atoms with Crippen LogP contribution in [0.1, 0.15) is 0 Å². The Morgan fingerprint density at radius 3 is 1.26 bits per heavy atom. The molecule has 0 fully saturated rings. The lowest BCUT2D eigenvalue weighted by Gasteiger charge is -1.99. The van der Waals surface area contributed by atoms with E-state index in [0.717, 1.165) is 47.7 Å². The minimum atomic E-state index is -0.980. The topological polar surface area (TPSA) is 104 Å². The average Bonchev–Trinajstić information content (AvgIpc) is 3.46. The average molecular weight is 740 g/mol. The van der Waals surface area contributed by atoms with Crippen LogP contribution in [-0.4, -0.2) is 17.5 Å². The lowest BCUT2D eigenvalue weighted by Crippen LogP contribution is -1.97. The number of rotatable bonds is 0. The van der Waals surface area contributed by atoms with Crippen LogP contribution in [0.15, 0.2) is 24.3 Å². The predicted molar refractivity (Wildman–Crippen MR) is 135 cm³/mol. The van der Waals surface area contributed by atoms with Crippen molar-refractivity contribution in [2.75, 3.05) is 11.5 Å². The fourth-order valence-corrected chi connectivity index (χ4v) is 4.86. The molecular weight excluding hydrogens is 732 g/mol. The first-order valence-electron chi connectivity index (χ1n) is 8.52. The summed E-state index contributed by atoms with van der Waals surface area (Å²) in [7, 11) is 0. The molecule has 0 spiro atoms. The van der Waals surface area contributed by atoms with Crippen LogP contribution >= 0.6 is 68.6 Å². The van der Waals surface area contributed by atoms with Crippen LogP contribution in [0, 0.1) is 42.0 Å². The molecule has 3 aromatic carbocycles. The second kappa shape index (κ2) is 11.1. The van der Waals surface area contributed by atoms with Crippen molar-refractivity contribution in [2.24, 2.45) is 0 Å². The molecular formula is C18H8F6I2N6S2. The molecule has 2 aromatic heterocycles. The molecule has 0 radical (unpaired) electrons. The number of aromatic nitrogens is 4. The Balaban J connectivity index is 0.000000144. The van der Waals surface area contributed by atoms with Crippen molar-refractivity contribution in [1.82, 2.24) is 17.5 Å². The maximum absolute atomic E-state index is 13.1. The molecule has 2 heterocycles. The number of hydrogen-bond acceptors (Lipinski definition) is 8. The molecule has 0 atom stereocenters. The van der Waals surface area contributed by atoms with E-state index in [1.54, 1.807) is 45.2 Å². The van der Waals surface area contributed by atoms with Crippen LogP contribution < -0.4 is 11.5 Å². The second-order valence-corrected chi connectivity index (χ2v) is 9.35. The molecule has 16 heteroatoms. The van der Waals surface area contributed by atoms with E-state index in [1.807, 2.05) is 0 Å². The van der Waals surface area contributed by atoms with Gasteiger partial charge in [-0.05, 0) is 45.2 Å². The zero-order chi connectivity index (χ0) is 25.2. The van der Waals surface area contributed by atoms with Gasteiger partial charge in [0.1, 0.15) is 22.1 Å². The molecule has 0 aliphatic rings. The van der Waals surface area contributed by atoms with Gasteiger partial charge >= 0.3 is 0 Å². The summed E-state index contributed by atoms with van der Waals surface area (Å²) >= 11 is 5.35. The molecule has 5 rings (SSSR count). The summed E-state index contributed by atoms with van der Waals surface area (Å²) in [5.74, 6) is -5.41. The third-order valence-electron chi connectivity index (χ3n) is 3.90. The van der Waals surface area contributed by atoms with Crippen molar-refractivity contribution < 1.29 is 26.3 Å². The van der Waals surface area contributed by atoms with Crippen LogP contribution in [0.3, 0.4) is 0 Å². The van der Waals surface area contributed by atoms with Gasteiger partial charge in [0.2, 0.25) is 0 Å². The van der Waals surface area contributed by atoms with Crippen LogP contribution in [0.5, 0.6) is 0 Å². The molecule has 0 aliphatic carbocycles. The Bertz CT molecular complexity index is 1370. The van der Waals surface area contributed by atoms with Gasteiger partial charge in [0.15, 0.2) is 34.9 Å². The smallest absolute Gasteiger partial charge is 0.175 e. The maximum atomic E-state index is 13.1. The first kappa shape index (κ1) is 26.5. The maximum Gasteiger partial charge on any atom is 0.175 e. The van der Waals surface area contributed by atoms with E-state index in [9.17, 15) is 26.3 Å². The van der Waals surface area contributed by atoms with E-state index in [2.05, 4.69) is 17.5 Å². The number of fused-ring (bicyclic) bond motifs is 2. The summed E-state index contributed by atoms with van der Waals surface area (Å²) in [6.45, 7) is 0. The zero-order valence-electron chi connectivity index (χ0n) is 16.1. The Hall–Kier alpha value is -2.06. The van der Waals surface area contributed by atoms with Crippen molar-refractivity contribution in [1.29, 1.82) is 0 Å². The number of anilines is 2. The van der Waals surface area contributed by atoms with Gasteiger partial charge in [0.25, 0.3) is 0 Å². The lowest BCUT2D eigenvalue weighted by molar-refractivity contribution is 0.501. The number of nitrogens with two attached hydrogens (primary N) is 2. The highest BCUT2D eigenvalue weighted by atomic mass is 127. The monoisotopic (exact) mass is 740 g/mol. The SMILES string of the molecule is Fc1c(F)c(I)c2nsnc2c1I.Fc1cc2nsnc2cc1F.Nc1cc(F)c(F)cc1N. The summed E-state index contributed by atoms with van der Waals surface area (Å²) in [5.41, 5.74) is 12.1. The van der Waals surface area contributed by atoms with Gasteiger partial charge in [-0.3, -0.25) is 0 Å². The molecule has 5 aromatic rings. The van der Waals surface area contributed by atoms with E-state index >= 15 is 0 Å². The van der Waals surface area contributed by atoms with Gasteiger partial charge in [0, 0.05) is 24.3 Å². The van der Waals surface area contributed by atoms with Crippen LogP contribution in [-0.2, 0) is 0 Å². The Morgan fingerprint density at radius 1 is 0.559 bits per heavy atom. The summed E-state index contributed by atoms with van der Waals surface area (Å²) in [6, 6.07) is 3.78. The minimum Gasteiger partial charge on any atom is -0.397 e. The number of benzene rings is 3. The number of nitrogen functional groups attached to an aromatic ring is 2. The summed E-state index contributed by atoms with van der Waals surface area (Å²) in [6.07, 6.45) is 0. The highest BCUT2D eigenvalue weighted by Gasteiger charge is 2.19. The number of halogens is 8. The molecule has 4 N–H and O–H groups in total. The predicted octanol–water partition coefficient (Wildman–Crippen LogP) is 6.28. The zero-order valence-corrected chi connectivity index (χ0v) is 22.0. The van der Waals surface area contributed by atoms with Gasteiger partial charge in [-0.2, -0.15) is 17.5 Å². The van der Waals surface area contributed by atoms with Crippen LogP contribution in [0.2, 0.25) is 0 Å². The van der Waals surface area contributed by atoms with Crippen molar-refractivity contribution in [3.8, 4) is 0 Å². The van der Waals surface area contributed by atoms with Crippen LogP contribution in [0.25, 0.3) is 22.1 Å². The molecule has 0 aliphatic heterocycles. The number of nitrogens with zero attached hydrogens (tertiary/aromatic N) is 4. The Morgan fingerprint density at radius 2 is 0.882 bits per heavy atom. The largest absolute Gasteiger partial charge is 0.397 e. The fraction of sp³-hybridized carbons (Fsp3) is 0. The van der Waals surface area contributed by atoms with E-state index in [1.165, 1.54) is 0 Å². The first-order chi connectivity index (χ1) is 16.0. The molecule has 0 bridgehead atoms. The molecule has 0 saturated carbocycles. The third kappa shape index (κ3) is 5.77. The van der Waals surface area contributed by atoms with Gasteiger partial charge in [-0.1, -0.05) is 0 Å². The highest BCUT2D eigenvalue weighted by Crippen LogP contribution is 2.29. The van der Waals surface area contributed by atoms with E-state index in [4.69, 9.17) is 11.5 Å². The summed E-state index contributed by atoms with van der Waals surface area (Å²) < 4.78 is 91.4. The highest BCUT2D eigenvalue weighted by molar-refractivity contribution is 14.1. The molecule has 34 heavy (non-hydrogen) atoms. The molecule has 0 amide bonds. The quantitative estimate of drug-likeness (QED) is 0.0638. The summed E-state index contributed by atoms with van der Waals surface area (Å²) in [4.78, 5) is 0. The fourth-order valence-electron chi connectivity index (χ4n) is 2.24. The van der Waals surface area contributed by atoms with Crippen LogP contribution in [0.4, 0.5) is 37.7 Å². The Kier molecular flexibility index (Phi) is 8.68. The van der Waals surface area contributed by atoms with E-state index in [-0.39, 0.29) is 18.5 Å². The van der Waals surface area contributed by atoms with Gasteiger partial charge in [-0.25, -0.2) is 26.3 Å². The number of hydrogen-bond donors (Lipinski definition) is 2. The van der Waals surface area contributed by atoms with E-state index in [0.29, 0.717) is 22.1 Å². The van der Waals surface area contributed by atoms with Crippen molar-refractivity contribution in [3.05, 3.63) is 66.3 Å². The second-order valence-electron chi connectivity index (χ2n) is 6.13. The standard InChI is InChI=1S/C6F2I2N2S.C6H2F2N2S.C6H6F2N2/c7-1-2(8)4(10)6-5(3(1)9)11-13-12-6;7-3-1-5-6(2-4(3)8)10-11-9-5;7-3-1-5(9)6(10)2-4(3)8/h;1-2H;1-2H,9-10H2. The molecule has 0 saturated heterocycles. The van der Waals surface area contributed by atoms with Crippen molar-refractivity contribution in [2.45, 2.75) is 0 Å².